The molecule has 0 radical (unpaired) electrons. The maximum atomic E-state index is 14.0. The Kier molecular flexibility index (Phi) is 45.3. The average molecular weight is 1360 g/mol. The molecule has 2 rings (SSSR count). The number of amides is 8. The summed E-state index contributed by atoms with van der Waals surface area (Å²) in [6, 6.07) is -1.75. The van der Waals surface area contributed by atoms with Crippen LogP contribution in [0.25, 0.3) is 0 Å². The zero-order valence-electron chi connectivity index (χ0n) is 57.9. The molecule has 96 heavy (non-hydrogen) atoms. The summed E-state index contributed by atoms with van der Waals surface area (Å²) in [4.78, 5) is 118. The van der Waals surface area contributed by atoms with Gasteiger partial charge < -0.3 is 97.2 Å². The summed E-state index contributed by atoms with van der Waals surface area (Å²) in [6.45, 7) is 4.74. The Morgan fingerprint density at radius 1 is 0.573 bits per heavy atom. The number of hydrogen-bond acceptors (Lipinski definition) is 18. The van der Waals surface area contributed by atoms with E-state index in [1.54, 1.807) is 30.3 Å². The van der Waals surface area contributed by atoms with Gasteiger partial charge in [0.1, 0.15) is 30.2 Å². The Balaban J connectivity index is 1.70. The third-order valence-electron chi connectivity index (χ3n) is 17.8. The summed E-state index contributed by atoms with van der Waals surface area (Å²) in [5, 5.41) is 69.5. The van der Waals surface area contributed by atoms with Gasteiger partial charge in [-0.05, 0) is 84.1 Å². The van der Waals surface area contributed by atoms with Crippen molar-refractivity contribution in [1.29, 1.82) is 0 Å². The van der Waals surface area contributed by atoms with Crippen molar-refractivity contribution >= 4 is 53.2 Å². The van der Waals surface area contributed by atoms with E-state index in [-0.39, 0.29) is 25.4 Å². The maximum absolute atomic E-state index is 14.0. The number of benzene rings is 1. The second-order valence-corrected chi connectivity index (χ2v) is 27.2. The summed E-state index contributed by atoms with van der Waals surface area (Å²) < 4.78 is 0. The number of aliphatic hydroxyl groups excluding tert-OH is 4. The van der Waals surface area contributed by atoms with E-state index in [4.69, 9.17) is 34.4 Å². The van der Waals surface area contributed by atoms with Crippen molar-refractivity contribution in [3.63, 3.8) is 0 Å². The minimum atomic E-state index is -1.79. The fourth-order valence-corrected chi connectivity index (χ4v) is 12.0. The van der Waals surface area contributed by atoms with Gasteiger partial charge in [0.2, 0.25) is 47.3 Å². The van der Waals surface area contributed by atoms with E-state index in [1.165, 1.54) is 104 Å². The Morgan fingerprint density at radius 2 is 1.05 bits per heavy atom. The van der Waals surface area contributed by atoms with E-state index in [0.717, 1.165) is 83.5 Å². The fraction of sp³-hybridized carbons (Fsp3) is 0.783. The van der Waals surface area contributed by atoms with E-state index in [2.05, 4.69) is 44.1 Å². The number of carbonyl (C=O) groups is 9. The van der Waals surface area contributed by atoms with Gasteiger partial charge in [-0.15, -0.1) is 0 Å². The molecule has 27 heteroatoms. The molecule has 1 aromatic rings. The van der Waals surface area contributed by atoms with Crippen LogP contribution in [-0.2, 0) is 49.6 Å². The summed E-state index contributed by atoms with van der Waals surface area (Å²) in [6.07, 6.45) is 23.2. The van der Waals surface area contributed by atoms with Crippen LogP contribution < -0.4 is 71.6 Å². The number of nitrogens with one attached hydrogen (secondary N) is 7. The summed E-state index contributed by atoms with van der Waals surface area (Å²) in [5.41, 5.74) is 36.6. The lowest BCUT2D eigenvalue weighted by Gasteiger charge is -2.32. The predicted molar refractivity (Wildman–Crippen MR) is 369 cm³/mol. The molecule has 24 N–H and O–H groups in total. The van der Waals surface area contributed by atoms with Gasteiger partial charge in [-0.2, -0.15) is 0 Å². The van der Waals surface area contributed by atoms with Gasteiger partial charge in [0, 0.05) is 43.6 Å². The molecular weight excluding hydrogens is 1230 g/mol. The zero-order chi connectivity index (χ0) is 71.4. The Hall–Kier alpha value is -5.91. The van der Waals surface area contributed by atoms with E-state index in [9.17, 15) is 68.7 Å². The Bertz CT molecular complexity index is 2400. The molecule has 1 aromatic carbocycles. The third kappa shape index (κ3) is 40.7. The molecule has 550 valence electrons. The second-order valence-electron chi connectivity index (χ2n) is 27.2. The van der Waals surface area contributed by atoms with Gasteiger partial charge in [-0.25, -0.2) is 0 Å². The van der Waals surface area contributed by atoms with Gasteiger partial charge in [0.15, 0.2) is 0 Å². The first-order valence-electron chi connectivity index (χ1n) is 35.8. The SMILES string of the molecule is CC(N)CCCCCCCC(N)CCCCCCCC(N)CCCCCCCC(N)CCCCCCCC(O)CCNC(=O)CC(O)CC(O)C(NC(=O)C1NC(=O)C(CC(N)=O)NC(=O)C(NC(=O)[C@H](Cc2ccccc2)NC(=O)CC(N)C(=O)O)CC(=O)NC1C)[C@@H](C)O. The number of carboxylic acids is 1. The van der Waals surface area contributed by atoms with Crippen molar-refractivity contribution in [2.75, 3.05) is 6.54 Å². The van der Waals surface area contributed by atoms with Crippen molar-refractivity contribution < 1.29 is 68.7 Å². The standard InChI is InChI=1S/C69H125N13O14/c1-45(70)27-17-8-4-9-20-30-49(71)31-21-10-5-11-22-32-50(72)33-23-12-6-13-24-34-51(73)35-25-14-7-15-26-36-52(84)37-38-76-60(88)41-53(85)40-58(86)64(47(3)83)82-68(94)63-46(2)77-62(90)44-57(66(92)79-56(43-59(75)87)67(93)81-63)80-65(91)55(39-48-28-18-16-19-29-48)78-61(89)42-54(74)69(95)96/h16,18-19,28-29,45-47,49-58,63-64,83-86H,4-15,17,20-27,30-44,70-74H2,1-3H3,(H2,75,87)(H,76,88)(H,77,90)(H,78,89)(H,79,92)(H,80,91)(H,81,93)(H,82,94)(H,95,96)/t45?,46?,47-,49?,50?,51?,52?,53?,54?,55+,56?,57?,58?,63?,64?/m1/s1. The molecule has 0 aliphatic carbocycles. The van der Waals surface area contributed by atoms with Crippen LogP contribution in [0, 0.1) is 0 Å². The largest absolute Gasteiger partial charge is 0.480 e. The number of hydrogen-bond donors (Lipinski definition) is 18. The summed E-state index contributed by atoms with van der Waals surface area (Å²) in [5.74, 6) is -9.38. The zero-order valence-corrected chi connectivity index (χ0v) is 57.9. The van der Waals surface area contributed by atoms with E-state index < -0.39 is 152 Å². The van der Waals surface area contributed by atoms with Crippen LogP contribution in [0.5, 0.6) is 0 Å². The molecule has 0 saturated carbocycles. The number of carboxylic acid groups (broad SMARTS) is 1. The number of nitrogens with two attached hydrogens (primary N) is 6. The highest BCUT2D eigenvalue weighted by Gasteiger charge is 2.39. The molecule has 0 bridgehead atoms. The van der Waals surface area contributed by atoms with Crippen molar-refractivity contribution in [3.05, 3.63) is 35.9 Å². The molecule has 0 aromatic heterocycles. The first-order chi connectivity index (χ1) is 45.6. The minimum absolute atomic E-state index is 0.131. The maximum Gasteiger partial charge on any atom is 0.321 e. The van der Waals surface area contributed by atoms with Crippen molar-refractivity contribution in [1.82, 2.24) is 37.2 Å². The van der Waals surface area contributed by atoms with Crippen LogP contribution in [0.15, 0.2) is 30.3 Å². The summed E-state index contributed by atoms with van der Waals surface area (Å²) >= 11 is 0. The highest BCUT2D eigenvalue weighted by molar-refractivity contribution is 5.99. The quantitative estimate of drug-likeness (QED) is 0.0416. The number of aliphatic carboxylic acids is 1. The van der Waals surface area contributed by atoms with Gasteiger partial charge >= 0.3 is 5.97 Å². The van der Waals surface area contributed by atoms with Crippen LogP contribution in [0.2, 0.25) is 0 Å². The normalized spacial score (nSPS) is 19.6. The van der Waals surface area contributed by atoms with Crippen molar-refractivity contribution in [2.24, 2.45) is 34.4 Å². The molecule has 1 heterocycles. The lowest BCUT2D eigenvalue weighted by molar-refractivity contribution is -0.140. The van der Waals surface area contributed by atoms with Gasteiger partial charge in [0.25, 0.3) is 0 Å². The lowest BCUT2D eigenvalue weighted by Crippen LogP contribution is -2.63. The molecule has 1 fully saturated rings. The Morgan fingerprint density at radius 3 is 1.52 bits per heavy atom. The molecule has 0 spiro atoms. The molecule has 1 aliphatic heterocycles. The van der Waals surface area contributed by atoms with Gasteiger partial charge in [-0.3, -0.25) is 43.2 Å². The van der Waals surface area contributed by atoms with E-state index >= 15 is 0 Å². The molecular formula is C69H125N13O14. The van der Waals surface area contributed by atoms with E-state index in [1.807, 2.05) is 0 Å². The highest BCUT2D eigenvalue weighted by atomic mass is 16.4. The van der Waals surface area contributed by atoms with Crippen molar-refractivity contribution in [3.8, 4) is 0 Å². The number of unbranched alkanes of at least 4 members (excludes halogenated alkanes) is 16. The molecule has 1 aliphatic rings. The lowest BCUT2D eigenvalue weighted by atomic mass is 9.97. The fourth-order valence-electron chi connectivity index (χ4n) is 12.0. The van der Waals surface area contributed by atoms with Crippen LogP contribution in [0.3, 0.4) is 0 Å². The first kappa shape index (κ1) is 86.2. The van der Waals surface area contributed by atoms with Crippen LogP contribution in [0.1, 0.15) is 245 Å². The van der Waals surface area contributed by atoms with Gasteiger partial charge in [0.05, 0.1) is 62.2 Å². The number of primary amides is 1. The average Bonchev–Trinajstić information content (AvgIpc) is 1.44. The first-order valence-corrected chi connectivity index (χ1v) is 35.8. The second kappa shape index (κ2) is 50.4. The smallest absolute Gasteiger partial charge is 0.321 e. The van der Waals surface area contributed by atoms with Crippen molar-refractivity contribution in [2.45, 2.75) is 336 Å². The topological polar surface area (TPSA) is 495 Å². The molecule has 13 unspecified atom stereocenters. The molecule has 8 amide bonds. The monoisotopic (exact) mass is 1360 g/mol. The number of rotatable bonds is 53. The summed E-state index contributed by atoms with van der Waals surface area (Å²) in [7, 11) is 0. The van der Waals surface area contributed by atoms with Crippen LogP contribution >= 0.6 is 0 Å². The number of aliphatic hydroxyl groups is 4. The van der Waals surface area contributed by atoms with E-state index in [0.29, 0.717) is 30.1 Å². The molecule has 15 atom stereocenters. The predicted octanol–water partition coefficient (Wildman–Crippen LogP) is 2.24. The van der Waals surface area contributed by atoms with Crippen LogP contribution in [-0.4, -0.2) is 176 Å². The molecule has 1 saturated heterocycles. The highest BCUT2D eigenvalue weighted by Crippen LogP contribution is 2.19. The minimum Gasteiger partial charge on any atom is -0.480 e. The molecule has 27 nitrogen and oxygen atoms in total. The third-order valence-corrected chi connectivity index (χ3v) is 17.8. The number of carbonyl (C=O) groups excluding carboxylic acids is 8. The van der Waals surface area contributed by atoms with Crippen LogP contribution in [0.4, 0.5) is 0 Å². The Labute approximate surface area is 570 Å². The van der Waals surface area contributed by atoms with Gasteiger partial charge in [-0.1, -0.05) is 159 Å².